The van der Waals surface area contributed by atoms with Crippen molar-refractivity contribution < 1.29 is 21.9 Å². The number of sulfonamides is 1. The largest absolute Gasteiger partial charge is 0.433 e. The van der Waals surface area contributed by atoms with Crippen LogP contribution < -0.4 is 9.46 Å². The standard InChI is InChI=1S/C14H11F2N3O3S/c15-14(16)22-11-6-2-1-5-10(11)19-23(20,21)12-8-18-13-9(12)4-3-7-17-13/h1-8,14,19H,(H,17,18). The van der Waals surface area contributed by atoms with Crippen molar-refractivity contribution in [2.75, 3.05) is 4.72 Å². The van der Waals surface area contributed by atoms with Crippen molar-refractivity contribution in [1.29, 1.82) is 0 Å². The van der Waals surface area contributed by atoms with Gasteiger partial charge in [0, 0.05) is 17.8 Å². The first-order chi connectivity index (χ1) is 11.0. The molecule has 9 heteroatoms. The van der Waals surface area contributed by atoms with Gasteiger partial charge >= 0.3 is 6.61 Å². The smallest absolute Gasteiger partial charge is 0.387 e. The fraction of sp³-hybridized carbons (Fsp3) is 0.0714. The van der Waals surface area contributed by atoms with Gasteiger partial charge in [0.05, 0.1) is 5.69 Å². The summed E-state index contributed by atoms with van der Waals surface area (Å²) in [5.74, 6) is -0.260. The number of aromatic nitrogens is 2. The molecular weight excluding hydrogens is 328 g/mol. The molecule has 0 atom stereocenters. The van der Waals surface area contributed by atoms with Crippen molar-refractivity contribution in [1.82, 2.24) is 9.97 Å². The number of para-hydroxylation sites is 2. The van der Waals surface area contributed by atoms with Gasteiger partial charge in [-0.25, -0.2) is 13.4 Å². The Balaban J connectivity index is 1.99. The molecule has 0 aliphatic rings. The molecule has 0 radical (unpaired) electrons. The Morgan fingerprint density at radius 1 is 1.17 bits per heavy atom. The van der Waals surface area contributed by atoms with E-state index in [-0.39, 0.29) is 16.3 Å². The molecule has 0 aliphatic carbocycles. The third-order valence-corrected chi connectivity index (χ3v) is 4.46. The van der Waals surface area contributed by atoms with E-state index >= 15 is 0 Å². The third-order valence-electron chi connectivity index (χ3n) is 3.05. The van der Waals surface area contributed by atoms with Crippen molar-refractivity contribution in [2.24, 2.45) is 0 Å². The highest BCUT2D eigenvalue weighted by Gasteiger charge is 2.21. The van der Waals surface area contributed by atoms with Crippen LogP contribution in [0.25, 0.3) is 11.0 Å². The van der Waals surface area contributed by atoms with Gasteiger partial charge in [0.25, 0.3) is 10.0 Å². The predicted molar refractivity (Wildman–Crippen MR) is 80.0 cm³/mol. The van der Waals surface area contributed by atoms with Gasteiger partial charge < -0.3 is 9.72 Å². The molecule has 120 valence electrons. The maximum Gasteiger partial charge on any atom is 0.387 e. The zero-order valence-electron chi connectivity index (χ0n) is 11.5. The number of nitrogens with one attached hydrogen (secondary N) is 2. The second kappa shape index (κ2) is 5.84. The zero-order chi connectivity index (χ0) is 16.4. The number of nitrogens with zero attached hydrogens (tertiary/aromatic N) is 1. The Bertz CT molecular complexity index is 941. The van der Waals surface area contributed by atoms with Gasteiger partial charge in [-0.2, -0.15) is 8.78 Å². The van der Waals surface area contributed by atoms with Gasteiger partial charge in [-0.05, 0) is 24.3 Å². The number of benzene rings is 1. The van der Waals surface area contributed by atoms with Crippen molar-refractivity contribution in [3.8, 4) is 5.75 Å². The van der Waals surface area contributed by atoms with Crippen molar-refractivity contribution >= 4 is 26.7 Å². The van der Waals surface area contributed by atoms with Crippen LogP contribution in [0, 0.1) is 0 Å². The Kier molecular flexibility index (Phi) is 3.87. The van der Waals surface area contributed by atoms with Gasteiger partial charge in [0.1, 0.15) is 16.3 Å². The first-order valence-corrected chi connectivity index (χ1v) is 7.94. The quantitative estimate of drug-likeness (QED) is 0.748. The van der Waals surface area contributed by atoms with Crippen LogP contribution >= 0.6 is 0 Å². The molecule has 23 heavy (non-hydrogen) atoms. The van der Waals surface area contributed by atoms with Gasteiger partial charge in [-0.1, -0.05) is 12.1 Å². The molecule has 1 aromatic carbocycles. The van der Waals surface area contributed by atoms with Gasteiger partial charge in [0.15, 0.2) is 0 Å². The molecule has 2 heterocycles. The van der Waals surface area contributed by atoms with Crippen LogP contribution in [-0.2, 0) is 10.0 Å². The molecule has 2 aromatic heterocycles. The number of H-pyrrole nitrogens is 1. The number of anilines is 1. The van der Waals surface area contributed by atoms with E-state index in [9.17, 15) is 17.2 Å². The van der Waals surface area contributed by atoms with Crippen LogP contribution in [0.15, 0.2) is 53.7 Å². The van der Waals surface area contributed by atoms with Crippen LogP contribution in [0.2, 0.25) is 0 Å². The van der Waals surface area contributed by atoms with E-state index in [4.69, 9.17) is 0 Å². The molecule has 6 nitrogen and oxygen atoms in total. The molecule has 0 spiro atoms. The lowest BCUT2D eigenvalue weighted by molar-refractivity contribution is -0.0493. The summed E-state index contributed by atoms with van der Waals surface area (Å²) < 4.78 is 56.4. The van der Waals surface area contributed by atoms with Gasteiger partial charge in [-0.15, -0.1) is 0 Å². The lowest BCUT2D eigenvalue weighted by Crippen LogP contribution is -2.14. The van der Waals surface area contributed by atoms with Crippen LogP contribution in [0.4, 0.5) is 14.5 Å². The van der Waals surface area contributed by atoms with E-state index < -0.39 is 16.6 Å². The van der Waals surface area contributed by atoms with Gasteiger partial charge in [-0.3, -0.25) is 4.72 Å². The number of hydrogen-bond acceptors (Lipinski definition) is 4. The summed E-state index contributed by atoms with van der Waals surface area (Å²) in [6.45, 7) is -3.06. The Hall–Kier alpha value is -2.68. The summed E-state index contributed by atoms with van der Waals surface area (Å²) in [7, 11) is -4.00. The number of alkyl halides is 2. The number of halogens is 2. The highest BCUT2D eigenvalue weighted by atomic mass is 32.2. The van der Waals surface area contributed by atoms with E-state index in [1.165, 1.54) is 36.7 Å². The topological polar surface area (TPSA) is 84.1 Å². The van der Waals surface area contributed by atoms with E-state index in [2.05, 4.69) is 19.4 Å². The number of fused-ring (bicyclic) bond motifs is 1. The van der Waals surface area contributed by atoms with E-state index in [1.54, 1.807) is 12.1 Å². The zero-order valence-corrected chi connectivity index (χ0v) is 12.3. The highest BCUT2D eigenvalue weighted by Crippen LogP contribution is 2.29. The molecule has 3 rings (SSSR count). The third kappa shape index (κ3) is 3.09. The van der Waals surface area contributed by atoms with E-state index in [0.29, 0.717) is 11.0 Å². The molecule has 0 aliphatic heterocycles. The lowest BCUT2D eigenvalue weighted by Gasteiger charge is -2.12. The maximum absolute atomic E-state index is 12.5. The molecule has 0 amide bonds. The minimum atomic E-state index is -4.00. The lowest BCUT2D eigenvalue weighted by atomic mass is 10.3. The number of pyridine rings is 1. The van der Waals surface area contributed by atoms with Crippen LogP contribution in [0.5, 0.6) is 5.75 Å². The summed E-state index contributed by atoms with van der Waals surface area (Å²) in [5, 5.41) is 0.396. The minimum absolute atomic E-state index is 0.0348. The number of hydrogen-bond donors (Lipinski definition) is 2. The predicted octanol–water partition coefficient (Wildman–Crippen LogP) is 2.97. The first-order valence-electron chi connectivity index (χ1n) is 6.46. The fourth-order valence-electron chi connectivity index (χ4n) is 2.10. The van der Waals surface area contributed by atoms with Crippen LogP contribution in [0.1, 0.15) is 0 Å². The summed E-state index contributed by atoms with van der Waals surface area (Å²) >= 11 is 0. The molecule has 0 fully saturated rings. The van der Waals surface area contributed by atoms with E-state index in [0.717, 1.165) is 0 Å². The van der Waals surface area contributed by atoms with Crippen molar-refractivity contribution in [2.45, 2.75) is 11.5 Å². The first kappa shape index (κ1) is 15.2. The Morgan fingerprint density at radius 3 is 2.74 bits per heavy atom. The molecule has 2 N–H and O–H groups in total. The normalized spacial score (nSPS) is 11.8. The Morgan fingerprint density at radius 2 is 1.96 bits per heavy atom. The minimum Gasteiger partial charge on any atom is -0.433 e. The molecule has 3 aromatic rings. The maximum atomic E-state index is 12.5. The molecule has 0 saturated carbocycles. The van der Waals surface area contributed by atoms with Gasteiger partial charge in [0.2, 0.25) is 0 Å². The molecule has 0 bridgehead atoms. The highest BCUT2D eigenvalue weighted by molar-refractivity contribution is 7.93. The van der Waals surface area contributed by atoms with Crippen LogP contribution in [0.3, 0.4) is 0 Å². The molecule has 0 unspecified atom stereocenters. The summed E-state index contributed by atoms with van der Waals surface area (Å²) in [4.78, 5) is 6.72. The molecular formula is C14H11F2N3O3S. The fourth-order valence-corrected chi connectivity index (χ4v) is 3.34. The average molecular weight is 339 g/mol. The Labute approximate surface area is 130 Å². The summed E-state index contributed by atoms with van der Waals surface area (Å²) in [6.07, 6.45) is 2.81. The summed E-state index contributed by atoms with van der Waals surface area (Å²) in [6, 6.07) is 8.75. The number of aromatic amines is 1. The summed E-state index contributed by atoms with van der Waals surface area (Å²) in [5.41, 5.74) is 0.330. The number of rotatable bonds is 5. The van der Waals surface area contributed by atoms with E-state index in [1.807, 2.05) is 0 Å². The van der Waals surface area contributed by atoms with Crippen molar-refractivity contribution in [3.05, 3.63) is 48.8 Å². The van der Waals surface area contributed by atoms with Crippen molar-refractivity contribution in [3.63, 3.8) is 0 Å². The molecule has 0 saturated heterocycles. The second-order valence-electron chi connectivity index (χ2n) is 4.53. The monoisotopic (exact) mass is 339 g/mol. The number of ether oxygens (including phenoxy) is 1. The average Bonchev–Trinajstić information content (AvgIpc) is 2.93. The van der Waals surface area contributed by atoms with Crippen LogP contribution in [-0.4, -0.2) is 25.0 Å². The second-order valence-corrected chi connectivity index (χ2v) is 6.18. The SMILES string of the molecule is O=S(=O)(Nc1ccccc1OC(F)F)c1c[nH]c2ncccc12.